The quantitative estimate of drug-likeness (QED) is 0.329. The van der Waals surface area contributed by atoms with Crippen molar-refractivity contribution < 1.29 is 38.3 Å². The van der Waals surface area contributed by atoms with E-state index in [9.17, 15) is 0 Å². The highest BCUT2D eigenvalue weighted by Gasteiger charge is 2.51. The zero-order chi connectivity index (χ0) is 22.4. The second kappa shape index (κ2) is 11.0. The molecular formula is C13H40O9Si6. The molecule has 0 fully saturated rings. The average molecular weight is 509 g/mol. The molecule has 0 aromatic carbocycles. The van der Waals surface area contributed by atoms with Gasteiger partial charge in [0.1, 0.15) is 0 Å². The van der Waals surface area contributed by atoms with Crippen molar-refractivity contribution in [1.82, 2.24) is 0 Å². The van der Waals surface area contributed by atoms with Crippen LogP contribution in [0, 0.1) is 0 Å². The fourth-order valence-electron chi connectivity index (χ4n) is 1.85. The van der Waals surface area contributed by atoms with Crippen molar-refractivity contribution in [3.63, 3.8) is 0 Å². The molecule has 0 atom stereocenters. The third-order valence-corrected chi connectivity index (χ3v) is 23.3. The molecule has 0 radical (unpaired) electrons. The summed E-state index contributed by atoms with van der Waals surface area (Å²) < 4.78 is 53.7. The smallest absolute Gasteiger partial charge is 0.398 e. The zero-order valence-corrected chi connectivity index (χ0v) is 25.9. The number of hydrogen-bond acceptors (Lipinski definition) is 9. The third-order valence-electron chi connectivity index (χ3n) is 3.90. The summed E-state index contributed by atoms with van der Waals surface area (Å²) in [6.45, 7) is 17.3. The topological polar surface area (TPSA) is 83.1 Å². The monoisotopic (exact) mass is 508 g/mol. The second-order valence-electron chi connectivity index (χ2n) is 8.12. The van der Waals surface area contributed by atoms with E-state index in [1.165, 1.54) is 0 Å². The van der Waals surface area contributed by atoms with Crippen LogP contribution in [0.25, 0.3) is 0 Å². The van der Waals surface area contributed by atoms with E-state index in [0.29, 0.717) is 0 Å². The van der Waals surface area contributed by atoms with Gasteiger partial charge in [0, 0.05) is 35.0 Å². The summed E-state index contributed by atoms with van der Waals surface area (Å²) in [4.78, 5) is 0. The molecule has 0 unspecified atom stereocenters. The van der Waals surface area contributed by atoms with Crippen LogP contribution < -0.4 is 0 Å². The SMILES string of the molecule is CO[Si](C)(C)O[SiH](O[Si](C)(C)OC)O[Si](C)(O[Si](C)(C)OC)O[Si](C)(C)OC. The van der Waals surface area contributed by atoms with Crippen LogP contribution in [-0.4, -0.2) is 81.0 Å². The van der Waals surface area contributed by atoms with Gasteiger partial charge in [-0.1, -0.05) is 0 Å². The second-order valence-corrected chi connectivity index (χ2v) is 27.7. The van der Waals surface area contributed by atoms with E-state index in [1.807, 2.05) is 58.9 Å². The maximum absolute atomic E-state index is 6.40. The molecule has 0 rings (SSSR count). The molecule has 0 aromatic rings. The molecule has 28 heavy (non-hydrogen) atoms. The first-order valence-electron chi connectivity index (χ1n) is 9.09. The minimum atomic E-state index is -3.23. The summed E-state index contributed by atoms with van der Waals surface area (Å²) in [5.41, 5.74) is 0. The molecular weight excluding hydrogens is 469 g/mol. The van der Waals surface area contributed by atoms with Crippen LogP contribution in [-0.2, 0) is 38.3 Å². The normalized spacial score (nSPS) is 14.8. The van der Waals surface area contributed by atoms with Gasteiger partial charge in [0.2, 0.25) is 0 Å². The first-order valence-corrected chi connectivity index (χ1v) is 24.0. The summed E-state index contributed by atoms with van der Waals surface area (Å²) in [5, 5.41) is 0. The van der Waals surface area contributed by atoms with Crippen molar-refractivity contribution >= 4 is 52.6 Å². The molecule has 0 aliphatic heterocycles. The van der Waals surface area contributed by atoms with Crippen molar-refractivity contribution in [2.24, 2.45) is 0 Å². The average Bonchev–Trinajstić information content (AvgIpc) is 2.52. The van der Waals surface area contributed by atoms with Crippen LogP contribution in [0.4, 0.5) is 0 Å². The lowest BCUT2D eigenvalue weighted by Gasteiger charge is -2.40. The lowest BCUT2D eigenvalue weighted by Crippen LogP contribution is -2.62. The molecule has 0 saturated carbocycles. The van der Waals surface area contributed by atoms with Gasteiger partial charge in [-0.3, -0.25) is 0 Å². The van der Waals surface area contributed by atoms with E-state index in [2.05, 4.69) is 0 Å². The summed E-state index contributed by atoms with van der Waals surface area (Å²) >= 11 is 0. The van der Waals surface area contributed by atoms with Crippen molar-refractivity contribution in [1.29, 1.82) is 0 Å². The summed E-state index contributed by atoms with van der Waals surface area (Å²) in [6.07, 6.45) is 0. The Kier molecular flexibility index (Phi) is 11.4. The molecule has 0 N–H and O–H groups in total. The van der Waals surface area contributed by atoms with Gasteiger partial charge < -0.3 is 38.3 Å². The Bertz CT molecular complexity index is 441. The molecule has 0 aromatic heterocycles. The van der Waals surface area contributed by atoms with Crippen molar-refractivity contribution in [2.45, 2.75) is 58.9 Å². The van der Waals surface area contributed by atoms with Crippen LogP contribution in [0.3, 0.4) is 0 Å². The highest BCUT2D eigenvalue weighted by molar-refractivity contribution is 6.86. The van der Waals surface area contributed by atoms with E-state index < -0.39 is 52.6 Å². The van der Waals surface area contributed by atoms with Gasteiger partial charge in [-0.05, 0) is 52.4 Å². The summed E-state index contributed by atoms with van der Waals surface area (Å²) in [6, 6.07) is 0. The van der Waals surface area contributed by atoms with Crippen LogP contribution in [0.1, 0.15) is 0 Å². The minimum Gasteiger partial charge on any atom is -0.398 e. The standard InChI is InChI=1S/C13H40O9Si6/c1-14-24(5,6)18-23(19-25(7,8)15-2)20-28(13,21-26(9,10)16-3)22-27(11,12)17-4/h23H,1-13H3. The maximum Gasteiger partial charge on any atom is 0.472 e. The molecule has 15 heteroatoms. The minimum absolute atomic E-state index is 1.63. The summed E-state index contributed by atoms with van der Waals surface area (Å²) in [7, 11) is -9.27. The first-order chi connectivity index (χ1) is 12.4. The van der Waals surface area contributed by atoms with Gasteiger partial charge in [0.15, 0.2) is 0 Å². The predicted molar refractivity (Wildman–Crippen MR) is 122 cm³/mol. The summed E-state index contributed by atoms with van der Waals surface area (Å²) in [5.74, 6) is 0. The number of hydrogen-bond donors (Lipinski definition) is 0. The highest BCUT2D eigenvalue weighted by Crippen LogP contribution is 2.25. The van der Waals surface area contributed by atoms with Crippen LogP contribution in [0.5, 0.6) is 0 Å². The molecule has 0 spiro atoms. The van der Waals surface area contributed by atoms with Gasteiger partial charge in [0.05, 0.1) is 0 Å². The lowest BCUT2D eigenvalue weighted by molar-refractivity contribution is 0.148. The Morgan fingerprint density at radius 3 is 0.964 bits per heavy atom. The Morgan fingerprint density at radius 2 is 0.714 bits per heavy atom. The molecule has 0 amide bonds. The molecule has 0 saturated heterocycles. The largest absolute Gasteiger partial charge is 0.472 e. The molecule has 9 nitrogen and oxygen atoms in total. The van der Waals surface area contributed by atoms with Gasteiger partial charge >= 0.3 is 52.6 Å². The first kappa shape index (κ1) is 28.9. The Hall–Kier alpha value is 0.941. The fraction of sp³-hybridized carbons (Fsp3) is 1.00. The zero-order valence-electron chi connectivity index (χ0n) is 19.8. The Balaban J connectivity index is 5.82. The molecule has 0 aliphatic rings. The van der Waals surface area contributed by atoms with Crippen LogP contribution in [0.15, 0.2) is 0 Å². The van der Waals surface area contributed by atoms with Crippen LogP contribution in [0.2, 0.25) is 58.9 Å². The predicted octanol–water partition coefficient (Wildman–Crippen LogP) is 2.75. The van der Waals surface area contributed by atoms with Crippen molar-refractivity contribution in [3.05, 3.63) is 0 Å². The van der Waals surface area contributed by atoms with E-state index in [0.717, 1.165) is 0 Å². The number of rotatable bonds is 14. The molecule has 0 bridgehead atoms. The molecule has 170 valence electrons. The molecule has 0 aliphatic carbocycles. The molecule has 0 heterocycles. The van der Waals surface area contributed by atoms with E-state index in [4.69, 9.17) is 38.3 Å². The van der Waals surface area contributed by atoms with E-state index in [1.54, 1.807) is 28.4 Å². The van der Waals surface area contributed by atoms with Gasteiger partial charge in [-0.2, -0.15) is 0 Å². The van der Waals surface area contributed by atoms with Gasteiger partial charge in [-0.25, -0.2) is 0 Å². The van der Waals surface area contributed by atoms with E-state index in [-0.39, 0.29) is 0 Å². The fourth-order valence-corrected chi connectivity index (χ4v) is 19.2. The highest BCUT2D eigenvalue weighted by atomic mass is 28.5. The third kappa shape index (κ3) is 11.4. The Morgan fingerprint density at radius 1 is 0.429 bits per heavy atom. The van der Waals surface area contributed by atoms with Gasteiger partial charge in [0.25, 0.3) is 0 Å². The lowest BCUT2D eigenvalue weighted by atomic mass is 11.8. The van der Waals surface area contributed by atoms with Gasteiger partial charge in [-0.15, -0.1) is 0 Å². The van der Waals surface area contributed by atoms with E-state index >= 15 is 0 Å². The van der Waals surface area contributed by atoms with Crippen molar-refractivity contribution in [2.75, 3.05) is 28.4 Å². The van der Waals surface area contributed by atoms with Crippen LogP contribution >= 0.6 is 0 Å². The Labute approximate surface area is 178 Å². The maximum atomic E-state index is 6.40. The van der Waals surface area contributed by atoms with Crippen molar-refractivity contribution in [3.8, 4) is 0 Å².